The Balaban J connectivity index is 1.25. The molecule has 6 aromatic rings. The molecule has 4 aromatic carbocycles. The van der Waals surface area contributed by atoms with Crippen LogP contribution in [0.2, 0.25) is 0 Å². The van der Waals surface area contributed by atoms with Crippen molar-refractivity contribution in [1.29, 1.82) is 0 Å². The highest BCUT2D eigenvalue weighted by Gasteiger charge is 2.14. The maximum Gasteiger partial charge on any atom is 0.307 e. The maximum atomic E-state index is 12.7. The fraction of sp³-hybridized carbons (Fsp3) is 0.0345. The van der Waals surface area contributed by atoms with E-state index in [4.69, 9.17) is 4.42 Å². The molecule has 0 bridgehead atoms. The highest BCUT2D eigenvalue weighted by atomic mass is 127. The lowest BCUT2D eigenvalue weighted by molar-refractivity contribution is 0.0929. The lowest BCUT2D eigenvalue weighted by Crippen LogP contribution is -2.16. The van der Waals surface area contributed by atoms with Gasteiger partial charge in [-0.3, -0.25) is 4.79 Å². The summed E-state index contributed by atoms with van der Waals surface area (Å²) >= 11 is 5.67. The zero-order chi connectivity index (χ0) is 24.6. The Morgan fingerprint density at radius 1 is 0.972 bits per heavy atom. The van der Waals surface area contributed by atoms with Crippen LogP contribution in [0.25, 0.3) is 32.6 Å². The molecule has 2 heterocycles. The Morgan fingerprint density at radius 2 is 1.78 bits per heavy atom. The van der Waals surface area contributed by atoms with Crippen LogP contribution in [0, 0.1) is 3.57 Å². The number of halogens is 2. The van der Waals surface area contributed by atoms with Gasteiger partial charge in [-0.25, -0.2) is 5.43 Å². The van der Waals surface area contributed by atoms with Gasteiger partial charge in [0.1, 0.15) is 5.58 Å². The number of nitrogens with zero attached hydrogens (tertiary/aromatic N) is 2. The molecule has 36 heavy (non-hydrogen) atoms. The summed E-state index contributed by atoms with van der Waals surface area (Å²) in [5.74, 6) is -0.175. The number of fused-ring (bicyclic) bond motifs is 3. The minimum atomic E-state index is -0.394. The van der Waals surface area contributed by atoms with Crippen LogP contribution in [-0.4, -0.2) is 16.7 Å². The molecule has 7 heteroatoms. The maximum absolute atomic E-state index is 12.7. The summed E-state index contributed by atoms with van der Waals surface area (Å²) in [6.07, 6.45) is 3.75. The van der Waals surface area contributed by atoms with Crippen molar-refractivity contribution in [1.82, 2.24) is 9.99 Å². The number of para-hydroxylation sites is 1. The summed E-state index contributed by atoms with van der Waals surface area (Å²) in [5.41, 5.74) is 6.54. The molecule has 6 rings (SSSR count). The Kier molecular flexibility index (Phi) is 6.10. The van der Waals surface area contributed by atoms with Crippen molar-refractivity contribution in [2.24, 2.45) is 5.10 Å². The number of hydrogen-bond acceptors (Lipinski definition) is 3. The van der Waals surface area contributed by atoms with Gasteiger partial charge in [-0.05, 0) is 69.3 Å². The van der Waals surface area contributed by atoms with E-state index in [1.807, 2.05) is 24.3 Å². The average molecular weight is 648 g/mol. The zero-order valence-corrected chi connectivity index (χ0v) is 22.7. The van der Waals surface area contributed by atoms with Crippen LogP contribution >= 0.6 is 38.5 Å². The Hall–Kier alpha value is -3.43. The monoisotopic (exact) mass is 647 g/mol. The van der Waals surface area contributed by atoms with E-state index >= 15 is 0 Å². The molecule has 1 amide bonds. The largest absolute Gasteiger partial charge is 0.450 e. The lowest BCUT2D eigenvalue weighted by atomic mass is 10.1. The summed E-state index contributed by atoms with van der Waals surface area (Å²) in [7, 11) is 0. The fourth-order valence-corrected chi connectivity index (χ4v) is 6.11. The fourth-order valence-electron chi connectivity index (χ4n) is 4.45. The number of carbonyl (C=O) groups is 1. The van der Waals surface area contributed by atoms with Gasteiger partial charge in [-0.1, -0.05) is 70.5 Å². The number of nitrogens with one attached hydrogen (secondary N) is 1. The van der Waals surface area contributed by atoms with Crippen molar-refractivity contribution >= 4 is 83.3 Å². The quantitative estimate of drug-likeness (QED) is 0.118. The Bertz CT molecular complexity index is 1800. The molecule has 0 aliphatic heterocycles. The van der Waals surface area contributed by atoms with Crippen LogP contribution in [0.1, 0.15) is 21.7 Å². The third-order valence-electron chi connectivity index (χ3n) is 6.12. The summed E-state index contributed by atoms with van der Waals surface area (Å²) in [6, 6.07) is 28.7. The number of furan rings is 1. The number of aromatic nitrogens is 1. The highest BCUT2D eigenvalue weighted by molar-refractivity contribution is 14.1. The van der Waals surface area contributed by atoms with Gasteiger partial charge in [-0.15, -0.1) is 0 Å². The predicted octanol–water partition coefficient (Wildman–Crippen LogP) is 7.72. The molecule has 0 aliphatic rings. The van der Waals surface area contributed by atoms with Gasteiger partial charge in [0.15, 0.2) is 5.76 Å². The number of hydrazone groups is 1. The first-order valence-corrected chi connectivity index (χ1v) is 13.2. The van der Waals surface area contributed by atoms with E-state index in [1.54, 1.807) is 12.3 Å². The smallest absolute Gasteiger partial charge is 0.307 e. The second-order valence-electron chi connectivity index (χ2n) is 8.53. The highest BCUT2D eigenvalue weighted by Crippen LogP contribution is 2.28. The van der Waals surface area contributed by atoms with Crippen molar-refractivity contribution in [3.8, 4) is 0 Å². The van der Waals surface area contributed by atoms with E-state index < -0.39 is 5.91 Å². The van der Waals surface area contributed by atoms with Gasteiger partial charge >= 0.3 is 5.91 Å². The standard InChI is InChI=1S/C29H19BrIN3O2/c30-23-12-21-13-27(36-28(21)25(31)14-23)29(35)33-32-15-22-17-34(26-8-4-3-7-24(22)26)16-18-9-10-19-5-1-2-6-20(19)11-18/h1-15,17H,16H2,(H,33,35)/b32-15-. The lowest BCUT2D eigenvalue weighted by Gasteiger charge is -2.07. The molecule has 0 unspecified atom stereocenters. The van der Waals surface area contributed by atoms with Gasteiger partial charge in [0.2, 0.25) is 0 Å². The van der Waals surface area contributed by atoms with Gasteiger partial charge < -0.3 is 8.98 Å². The molecular weight excluding hydrogens is 629 g/mol. The molecule has 0 radical (unpaired) electrons. The normalized spacial score (nSPS) is 11.7. The molecule has 0 aliphatic carbocycles. The van der Waals surface area contributed by atoms with Crippen LogP contribution in [-0.2, 0) is 6.54 Å². The Morgan fingerprint density at radius 3 is 2.67 bits per heavy atom. The molecule has 1 N–H and O–H groups in total. The van der Waals surface area contributed by atoms with E-state index in [1.165, 1.54) is 16.3 Å². The topological polar surface area (TPSA) is 59.5 Å². The van der Waals surface area contributed by atoms with Crippen molar-refractivity contribution in [3.05, 3.63) is 116 Å². The van der Waals surface area contributed by atoms with E-state index in [-0.39, 0.29) is 5.76 Å². The number of carbonyl (C=O) groups excluding carboxylic acids is 1. The molecular formula is C29H19BrIN3O2. The third kappa shape index (κ3) is 4.44. The van der Waals surface area contributed by atoms with Gasteiger partial charge in [0.25, 0.3) is 0 Å². The number of hydrogen-bond donors (Lipinski definition) is 1. The Labute approximate surface area is 229 Å². The first kappa shape index (κ1) is 23.0. The zero-order valence-electron chi connectivity index (χ0n) is 18.9. The SMILES string of the molecule is O=C(N/N=C\c1cn(Cc2ccc3ccccc3c2)c2ccccc12)c1cc2cc(Br)cc(I)c2o1. The number of rotatable bonds is 5. The van der Waals surface area contributed by atoms with Crippen LogP contribution in [0.5, 0.6) is 0 Å². The van der Waals surface area contributed by atoms with Crippen molar-refractivity contribution in [2.45, 2.75) is 6.54 Å². The van der Waals surface area contributed by atoms with E-state index in [2.05, 4.69) is 114 Å². The van der Waals surface area contributed by atoms with Crippen LogP contribution in [0.4, 0.5) is 0 Å². The van der Waals surface area contributed by atoms with Gasteiger partial charge in [-0.2, -0.15) is 5.10 Å². The third-order valence-corrected chi connectivity index (χ3v) is 7.37. The van der Waals surface area contributed by atoms with Crippen LogP contribution in [0.3, 0.4) is 0 Å². The van der Waals surface area contributed by atoms with Gasteiger partial charge in [0, 0.05) is 39.1 Å². The first-order valence-electron chi connectivity index (χ1n) is 11.3. The second kappa shape index (κ2) is 9.55. The summed E-state index contributed by atoms with van der Waals surface area (Å²) in [6.45, 7) is 0.735. The average Bonchev–Trinajstić information content (AvgIpc) is 3.46. The minimum absolute atomic E-state index is 0.219. The van der Waals surface area contributed by atoms with Crippen LogP contribution < -0.4 is 5.43 Å². The molecule has 0 fully saturated rings. The summed E-state index contributed by atoms with van der Waals surface area (Å²) < 4.78 is 9.85. The first-order chi connectivity index (χ1) is 17.5. The minimum Gasteiger partial charge on any atom is -0.450 e. The van der Waals surface area contributed by atoms with Crippen molar-refractivity contribution < 1.29 is 9.21 Å². The van der Waals surface area contributed by atoms with Gasteiger partial charge in [0.05, 0.1) is 9.78 Å². The molecule has 0 atom stereocenters. The molecule has 0 saturated carbocycles. The molecule has 0 spiro atoms. The molecule has 0 saturated heterocycles. The second-order valence-corrected chi connectivity index (χ2v) is 10.6. The molecule has 5 nitrogen and oxygen atoms in total. The molecule has 176 valence electrons. The van der Waals surface area contributed by atoms with Crippen molar-refractivity contribution in [3.63, 3.8) is 0 Å². The van der Waals surface area contributed by atoms with E-state index in [0.29, 0.717) is 5.58 Å². The van der Waals surface area contributed by atoms with E-state index in [9.17, 15) is 4.79 Å². The predicted molar refractivity (Wildman–Crippen MR) is 157 cm³/mol. The van der Waals surface area contributed by atoms with Crippen molar-refractivity contribution in [2.75, 3.05) is 0 Å². The van der Waals surface area contributed by atoms with Crippen LogP contribution in [0.15, 0.2) is 105 Å². The molecule has 2 aromatic heterocycles. The summed E-state index contributed by atoms with van der Waals surface area (Å²) in [5, 5.41) is 8.62. The number of amides is 1. The van der Waals surface area contributed by atoms with E-state index in [0.717, 1.165) is 36.4 Å². The summed E-state index contributed by atoms with van der Waals surface area (Å²) in [4.78, 5) is 12.7. The number of benzene rings is 4.